The summed E-state index contributed by atoms with van der Waals surface area (Å²) in [7, 11) is 0. The van der Waals surface area contributed by atoms with Gasteiger partial charge in [-0.15, -0.1) is 10.2 Å². The van der Waals surface area contributed by atoms with Gasteiger partial charge in [-0.25, -0.2) is 4.98 Å². The molecule has 1 aromatic carbocycles. The lowest BCUT2D eigenvalue weighted by Crippen LogP contribution is -2.24. The molecule has 1 saturated carbocycles. The third-order valence-corrected chi connectivity index (χ3v) is 8.73. The van der Waals surface area contributed by atoms with E-state index in [1.165, 1.54) is 11.3 Å². The molecule has 1 atom stereocenters. The van der Waals surface area contributed by atoms with Crippen molar-refractivity contribution in [3.63, 3.8) is 0 Å². The highest BCUT2D eigenvalue weighted by Gasteiger charge is 2.30. The molecule has 0 radical (unpaired) electrons. The number of amides is 1. The lowest BCUT2D eigenvalue weighted by atomic mass is 10.2. The second-order valence-electron chi connectivity index (χ2n) is 9.80. The topological polar surface area (TPSA) is 108 Å². The van der Waals surface area contributed by atoms with Crippen molar-refractivity contribution in [1.82, 2.24) is 29.4 Å². The fourth-order valence-corrected chi connectivity index (χ4v) is 6.38. The van der Waals surface area contributed by atoms with Crippen molar-refractivity contribution in [1.29, 1.82) is 0 Å². The minimum Gasteiger partial charge on any atom is -0.353 e. The number of nitrogens with zero attached hydrogens (tertiary/aromatic N) is 6. The molecule has 7 rings (SSSR count). The summed E-state index contributed by atoms with van der Waals surface area (Å²) in [4.78, 5) is 17.7. The van der Waals surface area contributed by atoms with Gasteiger partial charge in [-0.05, 0) is 74.2 Å². The van der Waals surface area contributed by atoms with Crippen LogP contribution in [0.15, 0.2) is 59.0 Å². The first-order valence-electron chi connectivity index (χ1n) is 13.2. The van der Waals surface area contributed by atoms with E-state index in [0.717, 1.165) is 75.8 Å². The normalized spacial score (nSPS) is 17.7. The monoisotopic (exact) mass is 561 g/mol. The van der Waals surface area contributed by atoms with Crippen LogP contribution in [0, 0.1) is 5.92 Å². The van der Waals surface area contributed by atoms with Crippen molar-refractivity contribution in [2.24, 2.45) is 5.92 Å². The van der Waals surface area contributed by atoms with Crippen LogP contribution in [0.4, 0.5) is 5.13 Å². The molecule has 200 valence electrons. The number of ether oxygens (including phenoxy) is 2. The minimum atomic E-state index is -0.0899. The number of hydrogen-bond donors (Lipinski definition) is 1. The van der Waals surface area contributed by atoms with Crippen molar-refractivity contribution in [2.75, 3.05) is 18.5 Å². The van der Waals surface area contributed by atoms with Crippen LogP contribution in [0.1, 0.15) is 32.1 Å². The third kappa shape index (κ3) is 5.55. The molecule has 10 nitrogen and oxygen atoms in total. The molecule has 2 fully saturated rings. The van der Waals surface area contributed by atoms with Gasteiger partial charge in [-0.3, -0.25) is 13.9 Å². The van der Waals surface area contributed by atoms with Gasteiger partial charge in [-0.2, -0.15) is 5.10 Å². The number of thiazole rings is 1. The standard InChI is InChI=1S/C27H27N7O3S2/c35-25(17-4-5-17)30-26-29-21-8-7-20(13-22(21)39-26)38-27-32-31-23-9-6-18(16-34(23)27)19-14-28-33(15-19)10-12-37-24-3-1-2-11-36-24/h6-9,13-17,24H,1-5,10-12H2,(H,29,30,35). The van der Waals surface area contributed by atoms with Crippen LogP contribution in [-0.4, -0.2) is 54.8 Å². The molecule has 39 heavy (non-hydrogen) atoms. The average molecular weight is 562 g/mol. The van der Waals surface area contributed by atoms with Crippen LogP contribution >= 0.6 is 23.1 Å². The maximum Gasteiger partial charge on any atom is 0.229 e. The predicted octanol–water partition coefficient (Wildman–Crippen LogP) is 5.25. The Bertz CT molecular complexity index is 1630. The number of pyridine rings is 1. The first-order chi connectivity index (χ1) is 19.2. The maximum atomic E-state index is 12.1. The molecule has 5 heterocycles. The number of hydrogen-bond acceptors (Lipinski definition) is 9. The molecule has 1 aliphatic carbocycles. The molecule has 1 saturated heterocycles. The van der Waals surface area contributed by atoms with Gasteiger partial charge in [0.05, 0.1) is 29.6 Å². The van der Waals surface area contributed by atoms with E-state index >= 15 is 0 Å². The van der Waals surface area contributed by atoms with Gasteiger partial charge in [0, 0.05) is 40.9 Å². The Morgan fingerprint density at radius 2 is 2.08 bits per heavy atom. The zero-order chi connectivity index (χ0) is 26.2. The second-order valence-corrected chi connectivity index (χ2v) is 11.9. The van der Waals surface area contributed by atoms with Crippen LogP contribution in [0.2, 0.25) is 0 Å². The molecule has 4 aromatic heterocycles. The highest BCUT2D eigenvalue weighted by molar-refractivity contribution is 7.99. The van der Waals surface area contributed by atoms with E-state index in [-0.39, 0.29) is 18.1 Å². The van der Waals surface area contributed by atoms with Gasteiger partial charge < -0.3 is 14.8 Å². The van der Waals surface area contributed by atoms with Crippen molar-refractivity contribution < 1.29 is 14.3 Å². The number of anilines is 1. The maximum absolute atomic E-state index is 12.1. The SMILES string of the molecule is O=C(Nc1nc2ccc(Sc3nnc4ccc(-c5cnn(CCOC6CCCCO6)c5)cn34)cc2s1)C1CC1. The van der Waals surface area contributed by atoms with Gasteiger partial charge in [0.25, 0.3) is 0 Å². The molecular weight excluding hydrogens is 534 g/mol. The van der Waals surface area contributed by atoms with Crippen molar-refractivity contribution in [2.45, 2.75) is 55.0 Å². The first kappa shape index (κ1) is 24.7. The van der Waals surface area contributed by atoms with Crippen LogP contribution < -0.4 is 5.32 Å². The van der Waals surface area contributed by atoms with Gasteiger partial charge in [0.15, 0.2) is 22.2 Å². The van der Waals surface area contributed by atoms with Crippen molar-refractivity contribution in [3.05, 3.63) is 48.9 Å². The molecule has 2 aliphatic rings. The van der Waals surface area contributed by atoms with E-state index in [9.17, 15) is 4.79 Å². The highest BCUT2D eigenvalue weighted by atomic mass is 32.2. The molecule has 1 N–H and O–H groups in total. The number of carbonyl (C=O) groups excluding carboxylic acids is 1. The quantitative estimate of drug-likeness (QED) is 0.260. The average Bonchev–Trinajstić information content (AvgIpc) is 3.38. The molecule has 12 heteroatoms. The lowest BCUT2D eigenvalue weighted by Gasteiger charge is -2.22. The Morgan fingerprint density at radius 3 is 2.95 bits per heavy atom. The van der Waals surface area contributed by atoms with E-state index in [4.69, 9.17) is 9.47 Å². The molecule has 1 unspecified atom stereocenters. The Hall–Kier alpha value is -3.32. The zero-order valence-corrected chi connectivity index (χ0v) is 22.8. The molecular formula is C27H27N7O3S2. The molecule has 0 bridgehead atoms. The number of nitrogens with one attached hydrogen (secondary N) is 1. The second kappa shape index (κ2) is 10.7. The van der Waals surface area contributed by atoms with Crippen molar-refractivity contribution in [3.8, 4) is 11.1 Å². The summed E-state index contributed by atoms with van der Waals surface area (Å²) in [6.07, 6.45) is 11.0. The van der Waals surface area contributed by atoms with Crippen molar-refractivity contribution >= 4 is 50.0 Å². The van der Waals surface area contributed by atoms with E-state index < -0.39 is 0 Å². The number of benzene rings is 1. The van der Waals surface area contributed by atoms with Gasteiger partial charge in [-0.1, -0.05) is 11.3 Å². The molecule has 1 amide bonds. The summed E-state index contributed by atoms with van der Waals surface area (Å²) >= 11 is 3.03. The summed E-state index contributed by atoms with van der Waals surface area (Å²) in [5.74, 6) is 0.223. The molecule has 5 aromatic rings. The largest absolute Gasteiger partial charge is 0.353 e. The lowest BCUT2D eigenvalue weighted by molar-refractivity contribution is -0.163. The fourth-order valence-electron chi connectivity index (χ4n) is 4.55. The fraction of sp³-hybridized carbons (Fsp3) is 0.370. The number of fused-ring (bicyclic) bond motifs is 2. The van der Waals surface area contributed by atoms with Crippen LogP contribution in [-0.2, 0) is 20.8 Å². The Balaban J connectivity index is 1.05. The van der Waals surface area contributed by atoms with Crippen LogP contribution in [0.5, 0.6) is 0 Å². The van der Waals surface area contributed by atoms with Gasteiger partial charge in [0.1, 0.15) is 0 Å². The number of aromatic nitrogens is 6. The van der Waals surface area contributed by atoms with Crippen LogP contribution in [0.3, 0.4) is 0 Å². The molecule has 1 aliphatic heterocycles. The Morgan fingerprint density at radius 1 is 1.13 bits per heavy atom. The highest BCUT2D eigenvalue weighted by Crippen LogP contribution is 2.35. The van der Waals surface area contributed by atoms with Crippen LogP contribution in [0.25, 0.3) is 27.0 Å². The smallest absolute Gasteiger partial charge is 0.229 e. The van der Waals surface area contributed by atoms with E-state index in [1.54, 1.807) is 11.8 Å². The third-order valence-electron chi connectivity index (χ3n) is 6.85. The van der Waals surface area contributed by atoms with E-state index in [1.807, 2.05) is 51.9 Å². The summed E-state index contributed by atoms with van der Waals surface area (Å²) in [6.45, 7) is 2.01. The van der Waals surface area contributed by atoms with E-state index in [2.05, 4.69) is 31.7 Å². The minimum absolute atomic E-state index is 0.0716. The summed E-state index contributed by atoms with van der Waals surface area (Å²) in [5, 5.41) is 17.7. The van der Waals surface area contributed by atoms with Gasteiger partial charge >= 0.3 is 0 Å². The molecule has 0 spiro atoms. The van der Waals surface area contributed by atoms with Gasteiger partial charge in [0.2, 0.25) is 5.91 Å². The summed E-state index contributed by atoms with van der Waals surface area (Å²) in [5.41, 5.74) is 3.69. The number of rotatable bonds is 9. The first-order valence-corrected chi connectivity index (χ1v) is 14.8. The van der Waals surface area contributed by atoms with E-state index in [0.29, 0.717) is 18.3 Å². The summed E-state index contributed by atoms with van der Waals surface area (Å²) in [6, 6.07) is 10.1. The predicted molar refractivity (Wildman–Crippen MR) is 149 cm³/mol. The number of carbonyl (C=O) groups is 1. The zero-order valence-electron chi connectivity index (χ0n) is 21.2. The Kier molecular flexibility index (Phi) is 6.77. The summed E-state index contributed by atoms with van der Waals surface area (Å²) < 4.78 is 16.4. The Labute approximate surface area is 232 Å².